The molecule has 0 atom stereocenters. The summed E-state index contributed by atoms with van der Waals surface area (Å²) in [5, 5.41) is 6.19. The molecule has 1 amide bonds. The van der Waals surface area contributed by atoms with Gasteiger partial charge in [0, 0.05) is 5.41 Å². The van der Waals surface area contributed by atoms with Crippen LogP contribution < -0.4 is 5.32 Å². The predicted molar refractivity (Wildman–Crippen MR) is 59.4 cm³/mol. The third kappa shape index (κ3) is 2.66. The molecule has 1 heterocycles. The van der Waals surface area contributed by atoms with Gasteiger partial charge in [0.1, 0.15) is 0 Å². The van der Waals surface area contributed by atoms with E-state index in [9.17, 15) is 4.79 Å². The second-order valence-corrected chi connectivity index (χ2v) is 4.58. The summed E-state index contributed by atoms with van der Waals surface area (Å²) in [6.07, 6.45) is 0. The Bertz CT molecular complexity index is 330. The fraction of sp³-hybridized carbons (Fsp3) is 0.625. The van der Waals surface area contributed by atoms with E-state index < -0.39 is 0 Å². The molecule has 1 N–H and O–H groups in total. The van der Waals surface area contributed by atoms with Gasteiger partial charge in [-0.1, -0.05) is 48.5 Å². The van der Waals surface area contributed by atoms with Crippen LogP contribution in [0, 0.1) is 0 Å². The van der Waals surface area contributed by atoms with E-state index in [-0.39, 0.29) is 17.1 Å². The number of aromatic nitrogens is 2. The zero-order valence-corrected chi connectivity index (χ0v) is 10.5. The lowest BCUT2D eigenvalue weighted by Crippen LogP contribution is -2.23. The largest absolute Gasteiger partial charge is 0.340 e. The molecule has 0 saturated carbocycles. The van der Waals surface area contributed by atoms with Gasteiger partial charge in [-0.15, -0.1) is 0 Å². The summed E-state index contributed by atoms with van der Waals surface area (Å²) in [6.45, 7) is 5.83. The SMILES string of the molecule is CC(C)(C)c1nc(C(=O)NCI)no1. The van der Waals surface area contributed by atoms with Crippen LogP contribution in [0.2, 0.25) is 0 Å². The molecule has 78 valence electrons. The van der Waals surface area contributed by atoms with E-state index in [0.29, 0.717) is 10.4 Å². The molecule has 0 aliphatic rings. The van der Waals surface area contributed by atoms with E-state index in [1.807, 2.05) is 43.4 Å². The summed E-state index contributed by atoms with van der Waals surface area (Å²) >= 11 is 2.03. The molecule has 0 aliphatic heterocycles. The van der Waals surface area contributed by atoms with Crippen LogP contribution in [0.4, 0.5) is 0 Å². The molecule has 1 aromatic heterocycles. The van der Waals surface area contributed by atoms with Crippen molar-refractivity contribution >= 4 is 28.5 Å². The van der Waals surface area contributed by atoms with Gasteiger partial charge in [-0.3, -0.25) is 4.79 Å². The fourth-order valence-electron chi connectivity index (χ4n) is 0.760. The van der Waals surface area contributed by atoms with Crippen molar-refractivity contribution in [3.05, 3.63) is 11.7 Å². The number of alkyl halides is 1. The van der Waals surface area contributed by atoms with Gasteiger partial charge in [0.15, 0.2) is 0 Å². The van der Waals surface area contributed by atoms with Gasteiger partial charge in [0.2, 0.25) is 5.89 Å². The summed E-state index contributed by atoms with van der Waals surface area (Å²) in [7, 11) is 0. The topological polar surface area (TPSA) is 68.0 Å². The Balaban J connectivity index is 2.83. The summed E-state index contributed by atoms with van der Waals surface area (Å²) < 4.78 is 5.50. The van der Waals surface area contributed by atoms with E-state index in [4.69, 9.17) is 4.52 Å². The van der Waals surface area contributed by atoms with Gasteiger partial charge < -0.3 is 9.84 Å². The summed E-state index contributed by atoms with van der Waals surface area (Å²) in [6, 6.07) is 0. The standard InChI is InChI=1S/C8H12IN3O2/c1-8(2,3)7-11-5(12-14-7)6(13)10-4-9/h4H2,1-3H3,(H,10,13). The molecule has 6 heteroatoms. The minimum absolute atomic E-state index is 0.0894. The fourth-order valence-corrected chi connectivity index (χ4v) is 1.11. The number of carbonyl (C=O) groups excluding carboxylic acids is 1. The number of nitrogens with zero attached hydrogens (tertiary/aromatic N) is 2. The van der Waals surface area contributed by atoms with Crippen LogP contribution in [0.3, 0.4) is 0 Å². The number of rotatable bonds is 2. The van der Waals surface area contributed by atoms with Crippen LogP contribution in [0.5, 0.6) is 0 Å². The molecule has 5 nitrogen and oxygen atoms in total. The molecule has 1 aromatic rings. The highest BCUT2D eigenvalue weighted by Crippen LogP contribution is 2.19. The molecule has 0 unspecified atom stereocenters. The van der Waals surface area contributed by atoms with Crippen molar-refractivity contribution in [2.75, 3.05) is 4.55 Å². The van der Waals surface area contributed by atoms with E-state index in [0.717, 1.165) is 0 Å². The van der Waals surface area contributed by atoms with E-state index >= 15 is 0 Å². The van der Waals surface area contributed by atoms with Crippen LogP contribution >= 0.6 is 22.6 Å². The molecule has 0 aromatic carbocycles. The molecule has 14 heavy (non-hydrogen) atoms. The number of hydrogen-bond acceptors (Lipinski definition) is 4. The molecule has 0 saturated heterocycles. The lowest BCUT2D eigenvalue weighted by Gasteiger charge is -2.10. The van der Waals surface area contributed by atoms with E-state index in [2.05, 4.69) is 15.5 Å². The summed E-state index contributed by atoms with van der Waals surface area (Å²) in [4.78, 5) is 15.3. The van der Waals surface area contributed by atoms with Crippen LogP contribution in [0.15, 0.2) is 4.52 Å². The summed E-state index contributed by atoms with van der Waals surface area (Å²) in [5.74, 6) is 0.251. The Morgan fingerprint density at radius 3 is 2.64 bits per heavy atom. The van der Waals surface area contributed by atoms with Crippen LogP contribution in [-0.4, -0.2) is 20.6 Å². The van der Waals surface area contributed by atoms with Gasteiger partial charge in [-0.2, -0.15) is 4.98 Å². The van der Waals surface area contributed by atoms with Crippen molar-refractivity contribution in [1.82, 2.24) is 15.5 Å². The van der Waals surface area contributed by atoms with Crippen molar-refractivity contribution in [2.24, 2.45) is 0 Å². The second-order valence-electron chi connectivity index (χ2n) is 3.81. The van der Waals surface area contributed by atoms with Gasteiger partial charge in [0.25, 0.3) is 11.7 Å². The van der Waals surface area contributed by atoms with Crippen molar-refractivity contribution in [3.8, 4) is 0 Å². The van der Waals surface area contributed by atoms with Crippen molar-refractivity contribution < 1.29 is 9.32 Å². The number of halogens is 1. The normalized spacial score (nSPS) is 11.4. The van der Waals surface area contributed by atoms with Gasteiger partial charge in [-0.25, -0.2) is 0 Å². The Kier molecular flexibility index (Phi) is 3.46. The highest BCUT2D eigenvalue weighted by Gasteiger charge is 2.23. The molecule has 0 aliphatic carbocycles. The quantitative estimate of drug-likeness (QED) is 0.510. The van der Waals surface area contributed by atoms with Crippen molar-refractivity contribution in [2.45, 2.75) is 26.2 Å². The second kappa shape index (κ2) is 4.24. The highest BCUT2D eigenvalue weighted by atomic mass is 127. The third-order valence-corrected chi connectivity index (χ3v) is 1.88. The van der Waals surface area contributed by atoms with Crippen molar-refractivity contribution in [3.63, 3.8) is 0 Å². The Morgan fingerprint density at radius 2 is 2.21 bits per heavy atom. The molecule has 0 bridgehead atoms. The summed E-state index contributed by atoms with van der Waals surface area (Å²) in [5.41, 5.74) is -0.226. The smallest absolute Gasteiger partial charge is 0.293 e. The molecule has 0 radical (unpaired) electrons. The maximum absolute atomic E-state index is 11.3. The number of carbonyl (C=O) groups is 1. The third-order valence-electron chi connectivity index (χ3n) is 1.50. The van der Waals surface area contributed by atoms with E-state index in [1.165, 1.54) is 0 Å². The van der Waals surface area contributed by atoms with Crippen LogP contribution in [0.25, 0.3) is 0 Å². The average Bonchev–Trinajstić information content (AvgIpc) is 2.51. The molecular formula is C8H12IN3O2. The lowest BCUT2D eigenvalue weighted by molar-refractivity contribution is 0.0948. The predicted octanol–water partition coefficient (Wildman–Crippen LogP) is 1.49. The number of amides is 1. The maximum atomic E-state index is 11.3. The maximum Gasteiger partial charge on any atom is 0.293 e. The lowest BCUT2D eigenvalue weighted by atomic mass is 9.97. The van der Waals surface area contributed by atoms with Gasteiger partial charge >= 0.3 is 0 Å². The first-order valence-electron chi connectivity index (χ1n) is 4.13. The van der Waals surface area contributed by atoms with Crippen molar-refractivity contribution in [1.29, 1.82) is 0 Å². The van der Waals surface area contributed by atoms with E-state index in [1.54, 1.807) is 0 Å². The minimum Gasteiger partial charge on any atom is -0.340 e. The monoisotopic (exact) mass is 309 g/mol. The van der Waals surface area contributed by atoms with Gasteiger partial charge in [0.05, 0.1) is 4.55 Å². The first-order chi connectivity index (χ1) is 6.45. The molecule has 0 fully saturated rings. The minimum atomic E-state index is -0.307. The highest BCUT2D eigenvalue weighted by molar-refractivity contribution is 14.1. The molecule has 0 spiro atoms. The number of nitrogens with one attached hydrogen (secondary N) is 1. The van der Waals surface area contributed by atoms with Crippen LogP contribution in [-0.2, 0) is 5.41 Å². The zero-order valence-electron chi connectivity index (χ0n) is 8.30. The Labute approximate surface area is 95.8 Å². The number of hydrogen-bond donors (Lipinski definition) is 1. The Morgan fingerprint density at radius 1 is 1.57 bits per heavy atom. The van der Waals surface area contributed by atoms with Gasteiger partial charge in [-0.05, 0) is 0 Å². The molecule has 1 rings (SSSR count). The first-order valence-corrected chi connectivity index (χ1v) is 5.66. The average molecular weight is 309 g/mol. The van der Waals surface area contributed by atoms with Crippen LogP contribution in [0.1, 0.15) is 37.3 Å². The Hall–Kier alpha value is -0.660. The first kappa shape index (κ1) is 11.4. The zero-order chi connectivity index (χ0) is 10.8. The molecular weight excluding hydrogens is 297 g/mol.